The normalized spacial score (nSPS) is 13.8. The smallest absolute Gasteiger partial charge is 0.242 e. The van der Waals surface area contributed by atoms with Gasteiger partial charge in [-0.1, -0.05) is 26.0 Å². The van der Waals surface area contributed by atoms with Crippen molar-refractivity contribution in [2.45, 2.75) is 45.7 Å². The Morgan fingerprint density at radius 2 is 1.84 bits per heavy atom. The van der Waals surface area contributed by atoms with Crippen molar-refractivity contribution in [2.24, 2.45) is 0 Å². The number of hydrogen-bond acceptors (Lipinski definition) is 6. The van der Waals surface area contributed by atoms with Gasteiger partial charge < -0.3 is 25.2 Å². The number of hydrogen-bond donors (Lipinski definition) is 2. The van der Waals surface area contributed by atoms with Crippen LogP contribution in [0.5, 0.6) is 5.75 Å². The number of aryl methyl sites for hydroxylation is 1. The molecule has 0 aliphatic heterocycles. The maximum absolute atomic E-state index is 13.4. The summed E-state index contributed by atoms with van der Waals surface area (Å²) >= 11 is 0. The van der Waals surface area contributed by atoms with E-state index in [0.29, 0.717) is 30.4 Å². The van der Waals surface area contributed by atoms with Crippen LogP contribution in [0.2, 0.25) is 0 Å². The van der Waals surface area contributed by atoms with Gasteiger partial charge in [-0.15, -0.1) is 12.4 Å². The molecule has 1 aliphatic carbocycles. The number of anilines is 1. The lowest BCUT2D eigenvalue weighted by Crippen LogP contribution is -2.47. The van der Waals surface area contributed by atoms with Gasteiger partial charge in [0.05, 0.1) is 31.8 Å². The first-order valence-electron chi connectivity index (χ1n) is 12.4. The number of benzene rings is 2. The van der Waals surface area contributed by atoms with Gasteiger partial charge in [0.1, 0.15) is 5.75 Å². The summed E-state index contributed by atoms with van der Waals surface area (Å²) in [7, 11) is 3.48. The van der Waals surface area contributed by atoms with E-state index in [-0.39, 0.29) is 43.4 Å². The fourth-order valence-electron chi connectivity index (χ4n) is 4.49. The number of amides is 2. The largest absolute Gasteiger partial charge is 0.497 e. The number of likely N-dealkylation sites (N-methyl/N-ethyl adjacent to an activating group) is 1. The number of nitriles is 1. The fraction of sp³-hybridized carbons (Fsp3) is 0.464. The molecule has 1 aliphatic rings. The second-order valence-electron chi connectivity index (χ2n) is 9.63. The molecular weight excluding hydrogens is 490 g/mol. The molecule has 0 bridgehead atoms. The number of methoxy groups -OCH3 is 1. The zero-order chi connectivity index (χ0) is 26.2. The number of nitrogens with zero attached hydrogens (tertiary/aromatic N) is 3. The van der Waals surface area contributed by atoms with Crippen molar-refractivity contribution in [2.75, 3.05) is 45.2 Å². The van der Waals surface area contributed by atoms with Gasteiger partial charge in [-0.25, -0.2) is 0 Å². The Hall–Kier alpha value is -3.28. The van der Waals surface area contributed by atoms with E-state index in [1.807, 2.05) is 32.2 Å². The quantitative estimate of drug-likeness (QED) is 0.436. The fourth-order valence-corrected chi connectivity index (χ4v) is 4.49. The predicted octanol–water partition coefficient (Wildman–Crippen LogP) is 2.84. The minimum absolute atomic E-state index is 0. The Labute approximate surface area is 226 Å². The number of halogens is 1. The molecule has 9 heteroatoms. The lowest BCUT2D eigenvalue weighted by Gasteiger charge is -2.30. The average molecular weight is 528 g/mol. The van der Waals surface area contributed by atoms with E-state index in [0.717, 1.165) is 24.2 Å². The summed E-state index contributed by atoms with van der Waals surface area (Å²) in [6.07, 6.45) is 1.55. The van der Waals surface area contributed by atoms with E-state index < -0.39 is 0 Å². The molecular formula is C28H38ClN5O3. The number of carbonyl (C=O) groups excluding carboxylic acids is 2. The molecule has 0 radical (unpaired) electrons. The lowest BCUT2D eigenvalue weighted by molar-refractivity contribution is -0.130. The standard InChI is InChI=1S/C28H37N5O3.ClH/c1-19(2)30-10-11-31-27(34)17-33(26-12-21(16-29)7-6-20(26)3)18-28(35)32(4)24-13-22-8-9-25(36-5)15-23(22)14-24;/h6-9,12,15,19,24,30H,10-11,13-14,17-18H2,1-5H3,(H,31,34);1H. The SMILES string of the molecule is COc1ccc2c(c1)CC(N(C)C(=O)CN(CC(=O)NCCNC(C)C)c1cc(C#N)ccc1C)C2.Cl. The number of nitrogens with one attached hydrogen (secondary N) is 2. The van der Waals surface area contributed by atoms with Crippen molar-refractivity contribution in [3.8, 4) is 11.8 Å². The second-order valence-corrected chi connectivity index (χ2v) is 9.63. The highest BCUT2D eigenvalue weighted by Gasteiger charge is 2.29. The summed E-state index contributed by atoms with van der Waals surface area (Å²) in [4.78, 5) is 29.7. The van der Waals surface area contributed by atoms with Gasteiger partial charge in [0.25, 0.3) is 0 Å². The van der Waals surface area contributed by atoms with Crippen LogP contribution in [0.3, 0.4) is 0 Å². The van der Waals surface area contributed by atoms with Crippen LogP contribution in [0.15, 0.2) is 36.4 Å². The van der Waals surface area contributed by atoms with Gasteiger partial charge >= 0.3 is 0 Å². The first-order chi connectivity index (χ1) is 17.2. The number of ether oxygens (including phenoxy) is 1. The maximum atomic E-state index is 13.4. The molecule has 0 aromatic heterocycles. The third kappa shape index (κ3) is 8.11. The second kappa shape index (κ2) is 13.9. The third-order valence-corrected chi connectivity index (χ3v) is 6.60. The monoisotopic (exact) mass is 527 g/mol. The molecule has 37 heavy (non-hydrogen) atoms. The van der Waals surface area contributed by atoms with Crippen LogP contribution in [-0.4, -0.2) is 69.1 Å². The minimum Gasteiger partial charge on any atom is -0.497 e. The molecule has 2 aromatic rings. The molecule has 2 N–H and O–H groups in total. The molecule has 0 heterocycles. The zero-order valence-corrected chi connectivity index (χ0v) is 23.2. The van der Waals surface area contributed by atoms with Gasteiger partial charge in [0.15, 0.2) is 0 Å². The number of fused-ring (bicyclic) bond motifs is 1. The Bertz CT molecular complexity index is 1130. The van der Waals surface area contributed by atoms with Crippen LogP contribution in [0.25, 0.3) is 0 Å². The zero-order valence-electron chi connectivity index (χ0n) is 22.3. The van der Waals surface area contributed by atoms with Gasteiger partial charge in [-0.2, -0.15) is 5.26 Å². The Morgan fingerprint density at radius 1 is 1.11 bits per heavy atom. The Morgan fingerprint density at radius 3 is 2.51 bits per heavy atom. The van der Waals surface area contributed by atoms with Crippen molar-refractivity contribution < 1.29 is 14.3 Å². The minimum atomic E-state index is -0.168. The van der Waals surface area contributed by atoms with Crippen LogP contribution in [0.4, 0.5) is 5.69 Å². The topological polar surface area (TPSA) is 97.7 Å². The predicted molar refractivity (Wildman–Crippen MR) is 148 cm³/mol. The van der Waals surface area contributed by atoms with E-state index in [1.165, 1.54) is 11.1 Å². The summed E-state index contributed by atoms with van der Waals surface area (Å²) in [6, 6.07) is 13.9. The molecule has 0 spiro atoms. The summed E-state index contributed by atoms with van der Waals surface area (Å²) in [5.41, 5.74) is 4.53. The highest BCUT2D eigenvalue weighted by molar-refractivity contribution is 5.87. The third-order valence-electron chi connectivity index (χ3n) is 6.60. The van der Waals surface area contributed by atoms with Crippen molar-refractivity contribution in [3.63, 3.8) is 0 Å². The maximum Gasteiger partial charge on any atom is 0.242 e. The van der Waals surface area contributed by atoms with E-state index in [2.05, 4.69) is 36.6 Å². The molecule has 3 rings (SSSR count). The van der Waals surface area contributed by atoms with Gasteiger partial charge in [-0.05, 0) is 60.7 Å². The first kappa shape index (κ1) is 29.9. The van der Waals surface area contributed by atoms with Gasteiger partial charge in [0, 0.05) is 37.9 Å². The van der Waals surface area contributed by atoms with Crippen LogP contribution in [0, 0.1) is 18.3 Å². The van der Waals surface area contributed by atoms with Gasteiger partial charge in [-0.3, -0.25) is 9.59 Å². The van der Waals surface area contributed by atoms with Gasteiger partial charge in [0.2, 0.25) is 11.8 Å². The summed E-state index contributed by atoms with van der Waals surface area (Å²) < 4.78 is 5.35. The van der Waals surface area contributed by atoms with Crippen molar-refractivity contribution in [3.05, 3.63) is 58.7 Å². The van der Waals surface area contributed by atoms with Crippen LogP contribution in [0.1, 0.15) is 36.1 Å². The van der Waals surface area contributed by atoms with Crippen molar-refractivity contribution >= 4 is 29.9 Å². The van der Waals surface area contributed by atoms with Crippen LogP contribution < -0.4 is 20.3 Å². The molecule has 1 atom stereocenters. The molecule has 200 valence electrons. The average Bonchev–Trinajstić information content (AvgIpc) is 3.29. The molecule has 1 unspecified atom stereocenters. The highest BCUT2D eigenvalue weighted by Crippen LogP contribution is 2.29. The Kier molecular flexibility index (Phi) is 11.2. The van der Waals surface area contributed by atoms with E-state index in [4.69, 9.17) is 4.74 Å². The summed E-state index contributed by atoms with van der Waals surface area (Å²) in [5, 5.41) is 15.6. The molecule has 0 saturated heterocycles. The van der Waals surface area contributed by atoms with E-state index in [1.54, 1.807) is 29.0 Å². The van der Waals surface area contributed by atoms with Crippen molar-refractivity contribution in [1.82, 2.24) is 15.5 Å². The first-order valence-corrected chi connectivity index (χ1v) is 12.4. The molecule has 0 fully saturated rings. The molecule has 2 amide bonds. The summed E-state index contributed by atoms with van der Waals surface area (Å²) in [6.45, 7) is 7.26. The number of rotatable bonds is 11. The van der Waals surface area contributed by atoms with Crippen LogP contribution >= 0.6 is 12.4 Å². The van der Waals surface area contributed by atoms with Crippen molar-refractivity contribution in [1.29, 1.82) is 5.26 Å². The molecule has 8 nitrogen and oxygen atoms in total. The van der Waals surface area contributed by atoms with E-state index >= 15 is 0 Å². The molecule has 2 aromatic carbocycles. The van der Waals surface area contributed by atoms with E-state index in [9.17, 15) is 14.9 Å². The lowest BCUT2D eigenvalue weighted by atomic mass is 10.1. The van der Waals surface area contributed by atoms with Crippen LogP contribution in [-0.2, 0) is 22.4 Å². The Balaban J connectivity index is 0.00000481. The highest BCUT2D eigenvalue weighted by atomic mass is 35.5. The number of carbonyl (C=O) groups is 2. The summed E-state index contributed by atoms with van der Waals surface area (Å²) in [5.74, 6) is 0.575. The molecule has 0 saturated carbocycles.